The number of phenolic OH excluding ortho intramolecular Hbond substituents is 1. The van der Waals surface area contributed by atoms with Gasteiger partial charge in [0.25, 0.3) is 12.3 Å². The molecule has 3 aromatic rings. The predicted molar refractivity (Wildman–Crippen MR) is 81.7 cm³/mol. The average Bonchev–Trinajstić information content (AvgIpc) is 2.90. The maximum atomic E-state index is 13.0. The normalized spacial score (nSPS) is 11.1. The van der Waals surface area contributed by atoms with Crippen LogP contribution in [0.2, 0.25) is 0 Å². The van der Waals surface area contributed by atoms with Gasteiger partial charge in [-0.1, -0.05) is 18.2 Å². The lowest BCUT2D eigenvalue weighted by molar-refractivity contribution is 0.101. The Balaban J connectivity index is 1.99. The molecule has 0 unspecified atom stereocenters. The van der Waals surface area contributed by atoms with Gasteiger partial charge in [-0.2, -0.15) is 5.10 Å². The van der Waals surface area contributed by atoms with Crippen LogP contribution in [0.5, 0.6) is 5.75 Å². The summed E-state index contributed by atoms with van der Waals surface area (Å²) >= 11 is 0. The number of hydrogen-bond donors (Lipinski definition) is 2. The first-order valence-corrected chi connectivity index (χ1v) is 6.80. The molecule has 0 aliphatic rings. The van der Waals surface area contributed by atoms with Crippen molar-refractivity contribution in [2.24, 2.45) is 7.05 Å². The van der Waals surface area contributed by atoms with Crippen molar-refractivity contribution in [1.29, 1.82) is 0 Å². The molecule has 2 aromatic carbocycles. The molecule has 0 saturated heterocycles. The van der Waals surface area contributed by atoms with Gasteiger partial charge in [0.15, 0.2) is 0 Å². The SMILES string of the molecule is Cn1cc(C(=O)Nc2cccc3ccc(O)cc23)c(C(F)F)n1. The van der Waals surface area contributed by atoms with Gasteiger partial charge in [-0.15, -0.1) is 0 Å². The van der Waals surface area contributed by atoms with Crippen molar-refractivity contribution in [3.8, 4) is 5.75 Å². The van der Waals surface area contributed by atoms with Gasteiger partial charge in [0, 0.05) is 24.3 Å². The molecule has 23 heavy (non-hydrogen) atoms. The van der Waals surface area contributed by atoms with Crippen LogP contribution in [-0.2, 0) is 7.05 Å². The quantitative estimate of drug-likeness (QED) is 0.777. The Hall–Kier alpha value is -2.96. The number of alkyl halides is 2. The second-order valence-electron chi connectivity index (χ2n) is 5.07. The molecule has 0 atom stereocenters. The average molecular weight is 317 g/mol. The summed E-state index contributed by atoms with van der Waals surface area (Å²) in [5, 5.41) is 17.2. The second kappa shape index (κ2) is 5.68. The highest BCUT2D eigenvalue weighted by Gasteiger charge is 2.23. The molecule has 3 rings (SSSR count). The fraction of sp³-hybridized carbons (Fsp3) is 0.125. The first-order valence-electron chi connectivity index (χ1n) is 6.80. The van der Waals surface area contributed by atoms with Crippen LogP contribution in [-0.4, -0.2) is 20.8 Å². The summed E-state index contributed by atoms with van der Waals surface area (Å²) in [5.74, 6) is -0.627. The molecule has 1 aromatic heterocycles. The second-order valence-corrected chi connectivity index (χ2v) is 5.07. The van der Waals surface area contributed by atoms with Gasteiger partial charge in [-0.05, 0) is 23.6 Å². The van der Waals surface area contributed by atoms with Gasteiger partial charge in [-0.25, -0.2) is 8.78 Å². The van der Waals surface area contributed by atoms with Gasteiger partial charge in [0.1, 0.15) is 11.4 Å². The number of phenols is 1. The van der Waals surface area contributed by atoms with Crippen LogP contribution < -0.4 is 5.32 Å². The maximum absolute atomic E-state index is 13.0. The third-order valence-corrected chi connectivity index (χ3v) is 3.42. The topological polar surface area (TPSA) is 67.2 Å². The number of anilines is 1. The number of nitrogens with one attached hydrogen (secondary N) is 1. The molecule has 0 bridgehead atoms. The largest absolute Gasteiger partial charge is 0.508 e. The van der Waals surface area contributed by atoms with Crippen LogP contribution in [0, 0.1) is 0 Å². The highest BCUT2D eigenvalue weighted by atomic mass is 19.3. The number of halogens is 2. The van der Waals surface area contributed by atoms with E-state index in [1.165, 1.54) is 30.1 Å². The van der Waals surface area contributed by atoms with Crippen LogP contribution >= 0.6 is 0 Å². The molecule has 0 fully saturated rings. The summed E-state index contributed by atoms with van der Waals surface area (Å²) in [6, 6.07) is 9.92. The fourth-order valence-electron chi connectivity index (χ4n) is 2.40. The Morgan fingerprint density at radius 2 is 2.09 bits per heavy atom. The van der Waals surface area contributed by atoms with Gasteiger partial charge in [-0.3, -0.25) is 9.48 Å². The number of hydrogen-bond acceptors (Lipinski definition) is 3. The lowest BCUT2D eigenvalue weighted by Crippen LogP contribution is -2.13. The van der Waals surface area contributed by atoms with Crippen LogP contribution in [0.4, 0.5) is 14.5 Å². The molecule has 5 nitrogen and oxygen atoms in total. The van der Waals surface area contributed by atoms with Crippen molar-refractivity contribution in [2.75, 3.05) is 5.32 Å². The number of benzene rings is 2. The van der Waals surface area contributed by atoms with Crippen molar-refractivity contribution in [2.45, 2.75) is 6.43 Å². The van der Waals surface area contributed by atoms with E-state index in [1.807, 2.05) is 6.07 Å². The zero-order valence-electron chi connectivity index (χ0n) is 12.1. The van der Waals surface area contributed by atoms with Crippen LogP contribution in [0.3, 0.4) is 0 Å². The van der Waals surface area contributed by atoms with E-state index in [0.717, 1.165) is 5.39 Å². The van der Waals surface area contributed by atoms with Crippen LogP contribution in [0.25, 0.3) is 10.8 Å². The summed E-state index contributed by atoms with van der Waals surface area (Å²) in [6.07, 6.45) is -1.59. The first kappa shape index (κ1) is 15.0. The zero-order valence-corrected chi connectivity index (χ0v) is 12.1. The molecule has 0 radical (unpaired) electrons. The van der Waals surface area contributed by atoms with Crippen molar-refractivity contribution < 1.29 is 18.7 Å². The number of aromatic hydroxyl groups is 1. The molecule has 1 amide bonds. The van der Waals surface area contributed by atoms with E-state index in [0.29, 0.717) is 11.1 Å². The number of amides is 1. The van der Waals surface area contributed by atoms with Crippen molar-refractivity contribution in [1.82, 2.24) is 9.78 Å². The number of aryl methyl sites for hydroxylation is 1. The summed E-state index contributed by atoms with van der Waals surface area (Å²) in [6.45, 7) is 0. The number of rotatable bonds is 3. The minimum Gasteiger partial charge on any atom is -0.508 e. The highest BCUT2D eigenvalue weighted by molar-refractivity contribution is 6.09. The summed E-state index contributed by atoms with van der Waals surface area (Å²) in [7, 11) is 1.47. The number of aromatic nitrogens is 2. The molecule has 0 aliphatic heterocycles. The summed E-state index contributed by atoms with van der Waals surface area (Å²) < 4.78 is 27.1. The Morgan fingerprint density at radius 1 is 1.30 bits per heavy atom. The molecule has 1 heterocycles. The Kier molecular flexibility index (Phi) is 3.69. The standard InChI is InChI=1S/C16H13F2N3O2/c1-21-8-12(14(20-21)15(17)18)16(23)19-13-4-2-3-9-5-6-10(22)7-11(9)13/h2-8,15,22H,1H3,(H,19,23). The molecule has 118 valence electrons. The Labute approximate surface area is 130 Å². The molecule has 0 saturated carbocycles. The zero-order chi connectivity index (χ0) is 16.6. The van der Waals surface area contributed by atoms with Gasteiger partial charge >= 0.3 is 0 Å². The van der Waals surface area contributed by atoms with E-state index < -0.39 is 18.0 Å². The van der Waals surface area contributed by atoms with E-state index in [-0.39, 0.29) is 11.3 Å². The smallest absolute Gasteiger partial charge is 0.282 e. The lowest BCUT2D eigenvalue weighted by atomic mass is 10.1. The monoisotopic (exact) mass is 317 g/mol. The summed E-state index contributed by atoms with van der Waals surface area (Å²) in [4.78, 5) is 12.3. The Bertz CT molecular complexity index is 890. The first-order chi connectivity index (χ1) is 11.0. The molecule has 0 spiro atoms. The van der Waals surface area contributed by atoms with Crippen molar-refractivity contribution in [3.63, 3.8) is 0 Å². The van der Waals surface area contributed by atoms with E-state index in [1.54, 1.807) is 18.2 Å². The van der Waals surface area contributed by atoms with Gasteiger partial charge in [0.2, 0.25) is 0 Å². The highest BCUT2D eigenvalue weighted by Crippen LogP contribution is 2.28. The lowest BCUT2D eigenvalue weighted by Gasteiger charge is -2.09. The van der Waals surface area contributed by atoms with E-state index in [2.05, 4.69) is 10.4 Å². The van der Waals surface area contributed by atoms with E-state index in [4.69, 9.17) is 0 Å². The number of carbonyl (C=O) groups excluding carboxylic acids is 1. The predicted octanol–water partition coefficient (Wildman–Crippen LogP) is 3.47. The third-order valence-electron chi connectivity index (χ3n) is 3.42. The summed E-state index contributed by atoms with van der Waals surface area (Å²) in [5.41, 5.74) is -0.319. The molecule has 7 heteroatoms. The van der Waals surface area contributed by atoms with E-state index >= 15 is 0 Å². The maximum Gasteiger partial charge on any atom is 0.282 e. The van der Waals surface area contributed by atoms with Crippen molar-refractivity contribution in [3.05, 3.63) is 53.9 Å². The molecule has 2 N–H and O–H groups in total. The van der Waals surface area contributed by atoms with Crippen LogP contribution in [0.1, 0.15) is 22.5 Å². The third kappa shape index (κ3) is 2.85. The van der Waals surface area contributed by atoms with E-state index in [9.17, 15) is 18.7 Å². The van der Waals surface area contributed by atoms with Crippen molar-refractivity contribution >= 4 is 22.4 Å². The van der Waals surface area contributed by atoms with Crippen LogP contribution in [0.15, 0.2) is 42.6 Å². The fourth-order valence-corrected chi connectivity index (χ4v) is 2.40. The molecule has 0 aliphatic carbocycles. The number of fused-ring (bicyclic) bond motifs is 1. The molecular formula is C16H13F2N3O2. The number of carbonyl (C=O) groups is 1. The molecular weight excluding hydrogens is 304 g/mol. The minimum atomic E-state index is -2.84. The number of nitrogens with zero attached hydrogens (tertiary/aromatic N) is 2. The minimum absolute atomic E-state index is 0.0499. The van der Waals surface area contributed by atoms with Gasteiger partial charge in [0.05, 0.1) is 5.56 Å². The Morgan fingerprint density at radius 3 is 2.83 bits per heavy atom. The van der Waals surface area contributed by atoms with Gasteiger partial charge < -0.3 is 10.4 Å².